The van der Waals surface area contributed by atoms with E-state index in [9.17, 15) is 14.9 Å². The minimum atomic E-state index is -0.457. The van der Waals surface area contributed by atoms with E-state index in [1.165, 1.54) is 16.9 Å². The molecule has 1 saturated heterocycles. The van der Waals surface area contributed by atoms with Crippen LogP contribution < -0.4 is 4.84 Å². The standard InChI is InChI=1S/C16H20N4O4/c1-17-4-6-18(7-5-17)8-9-24-19-11-13(12-21)15-3-2-14(20(22)23)10-16(15)19/h2-3,10-12H,4-9H2,1H3. The van der Waals surface area contributed by atoms with E-state index in [0.717, 1.165) is 39.0 Å². The summed E-state index contributed by atoms with van der Waals surface area (Å²) in [6.45, 7) is 5.30. The van der Waals surface area contributed by atoms with Crippen LogP contribution in [0.15, 0.2) is 24.4 Å². The second-order valence-corrected chi connectivity index (χ2v) is 5.96. The van der Waals surface area contributed by atoms with Gasteiger partial charge in [0.05, 0.1) is 16.6 Å². The number of piperazine rings is 1. The lowest BCUT2D eigenvalue weighted by molar-refractivity contribution is -0.384. The third-order valence-corrected chi connectivity index (χ3v) is 4.36. The molecule has 128 valence electrons. The van der Waals surface area contributed by atoms with Crippen molar-refractivity contribution in [3.63, 3.8) is 0 Å². The number of carbonyl (C=O) groups is 1. The van der Waals surface area contributed by atoms with Crippen molar-refractivity contribution in [1.29, 1.82) is 0 Å². The molecule has 1 aromatic carbocycles. The number of benzene rings is 1. The molecule has 3 rings (SSSR count). The molecule has 1 aliphatic heterocycles. The monoisotopic (exact) mass is 332 g/mol. The van der Waals surface area contributed by atoms with Gasteiger partial charge in [-0.25, -0.2) is 0 Å². The number of non-ortho nitro benzene ring substituents is 1. The van der Waals surface area contributed by atoms with E-state index in [2.05, 4.69) is 16.8 Å². The number of likely N-dealkylation sites (N-methyl/N-ethyl adjacent to an activating group) is 1. The highest BCUT2D eigenvalue weighted by molar-refractivity contribution is 5.98. The van der Waals surface area contributed by atoms with Crippen molar-refractivity contribution < 1.29 is 14.6 Å². The predicted octanol–water partition coefficient (Wildman–Crippen LogP) is 1.04. The molecule has 1 aromatic heterocycles. The van der Waals surface area contributed by atoms with Crippen LogP contribution in [0.5, 0.6) is 0 Å². The molecule has 0 bridgehead atoms. The number of hydrogen-bond donors (Lipinski definition) is 0. The van der Waals surface area contributed by atoms with Gasteiger partial charge < -0.3 is 9.74 Å². The zero-order valence-corrected chi connectivity index (χ0v) is 13.6. The summed E-state index contributed by atoms with van der Waals surface area (Å²) >= 11 is 0. The van der Waals surface area contributed by atoms with Gasteiger partial charge in [-0.2, -0.15) is 4.73 Å². The number of hydrogen-bond acceptors (Lipinski definition) is 6. The molecule has 0 unspecified atom stereocenters. The Morgan fingerprint density at radius 1 is 1.29 bits per heavy atom. The fourth-order valence-electron chi connectivity index (χ4n) is 2.87. The summed E-state index contributed by atoms with van der Waals surface area (Å²) in [6, 6.07) is 4.40. The zero-order chi connectivity index (χ0) is 17.1. The summed E-state index contributed by atoms with van der Waals surface area (Å²) in [6.07, 6.45) is 2.31. The van der Waals surface area contributed by atoms with Crippen molar-refractivity contribution in [1.82, 2.24) is 14.5 Å². The van der Waals surface area contributed by atoms with Crippen molar-refractivity contribution in [2.75, 3.05) is 46.4 Å². The highest BCUT2D eigenvalue weighted by atomic mass is 16.7. The molecule has 0 saturated carbocycles. The van der Waals surface area contributed by atoms with Crippen molar-refractivity contribution in [2.24, 2.45) is 0 Å². The Labute approximate surface area is 139 Å². The number of rotatable bonds is 6. The van der Waals surface area contributed by atoms with Crippen molar-refractivity contribution in [2.45, 2.75) is 0 Å². The first-order valence-electron chi connectivity index (χ1n) is 7.87. The van der Waals surface area contributed by atoms with Crippen LogP contribution in [0.3, 0.4) is 0 Å². The van der Waals surface area contributed by atoms with Crippen LogP contribution in [0.1, 0.15) is 10.4 Å². The summed E-state index contributed by atoms with van der Waals surface area (Å²) in [4.78, 5) is 32.0. The third kappa shape index (κ3) is 3.39. The minimum absolute atomic E-state index is 0.0260. The van der Waals surface area contributed by atoms with E-state index in [-0.39, 0.29) is 5.69 Å². The number of nitro benzene ring substituents is 1. The summed E-state index contributed by atoms with van der Waals surface area (Å²) in [7, 11) is 2.10. The molecule has 0 aliphatic carbocycles. The normalized spacial score (nSPS) is 16.4. The Bertz CT molecular complexity index is 750. The van der Waals surface area contributed by atoms with Gasteiger partial charge in [0.25, 0.3) is 5.69 Å². The average molecular weight is 332 g/mol. The van der Waals surface area contributed by atoms with Gasteiger partial charge in [0.15, 0.2) is 6.29 Å². The maximum absolute atomic E-state index is 11.2. The number of fused-ring (bicyclic) bond motifs is 1. The Hall–Kier alpha value is -2.45. The van der Waals surface area contributed by atoms with Crippen LogP contribution >= 0.6 is 0 Å². The minimum Gasteiger partial charge on any atom is -0.412 e. The van der Waals surface area contributed by atoms with Gasteiger partial charge >= 0.3 is 0 Å². The van der Waals surface area contributed by atoms with E-state index < -0.39 is 4.92 Å². The molecule has 0 radical (unpaired) electrons. The van der Waals surface area contributed by atoms with E-state index in [1.807, 2.05) is 0 Å². The largest absolute Gasteiger partial charge is 0.412 e. The number of nitro groups is 1. The maximum atomic E-state index is 11.2. The topological polar surface area (TPSA) is 80.8 Å². The summed E-state index contributed by atoms with van der Waals surface area (Å²) in [5, 5.41) is 11.6. The number of nitrogens with zero attached hydrogens (tertiary/aromatic N) is 4. The van der Waals surface area contributed by atoms with Gasteiger partial charge in [-0.05, 0) is 13.1 Å². The predicted molar refractivity (Wildman–Crippen MR) is 89.4 cm³/mol. The summed E-state index contributed by atoms with van der Waals surface area (Å²) in [5.41, 5.74) is 0.964. The van der Waals surface area contributed by atoms with Crippen LogP contribution in [-0.2, 0) is 0 Å². The van der Waals surface area contributed by atoms with E-state index in [0.29, 0.717) is 23.1 Å². The van der Waals surface area contributed by atoms with Gasteiger partial charge in [-0.3, -0.25) is 19.8 Å². The number of carbonyl (C=O) groups excluding carboxylic acids is 1. The number of aromatic nitrogens is 1. The fourth-order valence-corrected chi connectivity index (χ4v) is 2.87. The molecule has 0 atom stereocenters. The molecule has 24 heavy (non-hydrogen) atoms. The lowest BCUT2D eigenvalue weighted by Gasteiger charge is -2.32. The van der Waals surface area contributed by atoms with E-state index in [1.54, 1.807) is 12.3 Å². The van der Waals surface area contributed by atoms with Gasteiger partial charge in [-0.1, -0.05) is 0 Å². The first-order chi connectivity index (χ1) is 11.6. The molecule has 0 spiro atoms. The first kappa shape index (κ1) is 16.4. The second kappa shape index (κ2) is 6.98. The SMILES string of the molecule is CN1CCN(CCOn2cc(C=O)c3ccc([N+](=O)[O-])cc32)CC1. The van der Waals surface area contributed by atoms with Crippen LogP contribution in [-0.4, -0.2) is 72.1 Å². The molecule has 2 heterocycles. The van der Waals surface area contributed by atoms with Gasteiger partial charge in [0.2, 0.25) is 0 Å². The van der Waals surface area contributed by atoms with Crippen molar-refractivity contribution in [3.8, 4) is 0 Å². The van der Waals surface area contributed by atoms with Gasteiger partial charge in [-0.15, -0.1) is 0 Å². The second-order valence-electron chi connectivity index (χ2n) is 5.96. The average Bonchev–Trinajstić information content (AvgIpc) is 2.94. The van der Waals surface area contributed by atoms with Gasteiger partial charge in [0.1, 0.15) is 6.61 Å². The van der Waals surface area contributed by atoms with Crippen LogP contribution in [0.25, 0.3) is 10.9 Å². The van der Waals surface area contributed by atoms with Crippen molar-refractivity contribution in [3.05, 3.63) is 40.1 Å². The Morgan fingerprint density at radius 3 is 2.71 bits per heavy atom. The van der Waals surface area contributed by atoms with Gasteiger partial charge in [0, 0.05) is 55.8 Å². The lowest BCUT2D eigenvalue weighted by Crippen LogP contribution is -2.46. The Balaban J connectivity index is 1.72. The highest BCUT2D eigenvalue weighted by Gasteiger charge is 2.16. The van der Waals surface area contributed by atoms with E-state index in [4.69, 9.17) is 4.84 Å². The third-order valence-electron chi connectivity index (χ3n) is 4.36. The van der Waals surface area contributed by atoms with Crippen LogP contribution in [0.4, 0.5) is 5.69 Å². The molecule has 0 amide bonds. The molecule has 0 N–H and O–H groups in total. The molecular weight excluding hydrogens is 312 g/mol. The molecule has 8 heteroatoms. The molecular formula is C16H20N4O4. The molecule has 1 aliphatic rings. The Kier molecular flexibility index (Phi) is 4.77. The van der Waals surface area contributed by atoms with Crippen LogP contribution in [0.2, 0.25) is 0 Å². The Morgan fingerprint density at radius 2 is 2.04 bits per heavy atom. The van der Waals surface area contributed by atoms with E-state index >= 15 is 0 Å². The smallest absolute Gasteiger partial charge is 0.271 e. The quantitative estimate of drug-likeness (QED) is 0.447. The maximum Gasteiger partial charge on any atom is 0.271 e. The molecule has 1 fully saturated rings. The molecule has 2 aromatic rings. The summed E-state index contributed by atoms with van der Waals surface area (Å²) < 4.78 is 1.46. The van der Waals surface area contributed by atoms with Crippen molar-refractivity contribution >= 4 is 22.9 Å². The first-order valence-corrected chi connectivity index (χ1v) is 7.87. The highest BCUT2D eigenvalue weighted by Crippen LogP contribution is 2.24. The summed E-state index contributed by atoms with van der Waals surface area (Å²) in [5.74, 6) is 0. The zero-order valence-electron chi connectivity index (χ0n) is 13.6. The lowest BCUT2D eigenvalue weighted by atomic mass is 10.2. The number of aldehydes is 1. The fraction of sp³-hybridized carbons (Fsp3) is 0.438. The van der Waals surface area contributed by atoms with Crippen LogP contribution in [0, 0.1) is 10.1 Å². The molecule has 8 nitrogen and oxygen atoms in total.